The third kappa shape index (κ3) is 1.59. The van der Waals surface area contributed by atoms with E-state index in [4.69, 9.17) is 0 Å². The number of hydrogen-bond donors (Lipinski definition) is 2. The molecule has 1 aliphatic rings. The van der Waals surface area contributed by atoms with E-state index in [0.717, 1.165) is 22.2 Å². The molecule has 1 aliphatic heterocycles. The van der Waals surface area contributed by atoms with Crippen LogP contribution in [-0.4, -0.2) is 19.6 Å². The van der Waals surface area contributed by atoms with Gasteiger partial charge in [0, 0.05) is 17.3 Å². The van der Waals surface area contributed by atoms with Gasteiger partial charge in [0.25, 0.3) is 5.56 Å². The smallest absolute Gasteiger partial charge is 0.263 e. The van der Waals surface area contributed by atoms with Gasteiger partial charge in [-0.1, -0.05) is 30.3 Å². The van der Waals surface area contributed by atoms with Crippen molar-refractivity contribution in [2.75, 3.05) is 0 Å². The van der Waals surface area contributed by atoms with E-state index in [1.54, 1.807) is 6.07 Å². The average molecular weight is 303 g/mol. The van der Waals surface area contributed by atoms with Gasteiger partial charge < -0.3 is 10.1 Å². The normalized spacial score (nSPS) is 16.5. The number of aliphatic hydroxyl groups excluding tert-OH is 1. The summed E-state index contributed by atoms with van der Waals surface area (Å²) >= 11 is 0. The van der Waals surface area contributed by atoms with Crippen molar-refractivity contribution in [2.45, 2.75) is 12.6 Å². The average Bonchev–Trinajstić information content (AvgIpc) is 2.94. The van der Waals surface area contributed by atoms with Gasteiger partial charge in [-0.15, -0.1) is 0 Å². The second-order valence-electron chi connectivity index (χ2n) is 5.84. The molecule has 0 saturated carbocycles. The number of nitrogens with one attached hydrogen (secondary N) is 1. The molecule has 0 saturated heterocycles. The Morgan fingerprint density at radius 3 is 2.70 bits per heavy atom. The van der Waals surface area contributed by atoms with Gasteiger partial charge in [-0.05, 0) is 23.8 Å². The second kappa shape index (κ2) is 4.30. The van der Waals surface area contributed by atoms with Gasteiger partial charge in [0.1, 0.15) is 6.23 Å². The van der Waals surface area contributed by atoms with Gasteiger partial charge in [-0.25, -0.2) is 4.98 Å². The van der Waals surface area contributed by atoms with E-state index in [0.29, 0.717) is 23.1 Å². The zero-order valence-electron chi connectivity index (χ0n) is 12.2. The van der Waals surface area contributed by atoms with E-state index in [1.165, 1.54) is 4.57 Å². The summed E-state index contributed by atoms with van der Waals surface area (Å²) in [6.07, 6.45) is -0.506. The minimum atomic E-state index is -0.902. The predicted molar refractivity (Wildman–Crippen MR) is 88.3 cm³/mol. The largest absolute Gasteiger partial charge is 0.373 e. The number of benzene rings is 2. The highest BCUT2D eigenvalue weighted by atomic mass is 16.3. The fourth-order valence-corrected chi connectivity index (χ4v) is 3.48. The van der Waals surface area contributed by atoms with Crippen LogP contribution in [0, 0.1) is 0 Å². The Morgan fingerprint density at radius 1 is 1.09 bits per heavy atom. The first-order valence-corrected chi connectivity index (χ1v) is 7.53. The van der Waals surface area contributed by atoms with Crippen molar-refractivity contribution < 1.29 is 5.11 Å². The molecule has 0 radical (unpaired) electrons. The summed E-state index contributed by atoms with van der Waals surface area (Å²) in [5, 5.41) is 12.1. The topological polar surface area (TPSA) is 70.9 Å². The molecule has 5 nitrogen and oxygen atoms in total. The highest BCUT2D eigenvalue weighted by Crippen LogP contribution is 2.36. The molecule has 0 spiro atoms. The van der Waals surface area contributed by atoms with Crippen LogP contribution < -0.4 is 5.56 Å². The van der Waals surface area contributed by atoms with Crippen molar-refractivity contribution in [1.82, 2.24) is 14.5 Å². The minimum absolute atomic E-state index is 0.206. The molecule has 0 bridgehead atoms. The summed E-state index contributed by atoms with van der Waals surface area (Å²) < 4.78 is 1.39. The maximum absolute atomic E-state index is 12.8. The number of H-pyrrole nitrogens is 1. The minimum Gasteiger partial charge on any atom is -0.373 e. The molecule has 1 atom stereocenters. The molecular formula is C18H13N3O2. The second-order valence-corrected chi connectivity index (χ2v) is 5.84. The van der Waals surface area contributed by atoms with Crippen LogP contribution in [0.1, 0.15) is 11.8 Å². The summed E-state index contributed by atoms with van der Waals surface area (Å²) in [7, 11) is 0. The molecule has 4 aromatic rings. The highest BCUT2D eigenvalue weighted by Gasteiger charge is 2.29. The van der Waals surface area contributed by atoms with Crippen molar-refractivity contribution in [3.63, 3.8) is 0 Å². The number of nitrogens with zero attached hydrogens (tertiary/aromatic N) is 2. The van der Waals surface area contributed by atoms with Gasteiger partial charge in [-0.2, -0.15) is 0 Å². The van der Waals surface area contributed by atoms with Crippen molar-refractivity contribution >= 4 is 21.8 Å². The van der Waals surface area contributed by atoms with Crippen LogP contribution in [0.25, 0.3) is 33.3 Å². The zero-order chi connectivity index (χ0) is 15.6. The summed E-state index contributed by atoms with van der Waals surface area (Å²) in [4.78, 5) is 20.7. The fraction of sp³-hybridized carbons (Fsp3) is 0.111. The van der Waals surface area contributed by atoms with Crippen LogP contribution in [0.3, 0.4) is 0 Å². The molecule has 5 heteroatoms. The summed E-state index contributed by atoms with van der Waals surface area (Å²) in [5.74, 6) is 0.499. The van der Waals surface area contributed by atoms with Gasteiger partial charge in [0.05, 0.1) is 16.6 Å². The first-order chi connectivity index (χ1) is 11.2. The molecule has 2 aromatic heterocycles. The number of para-hydroxylation sites is 2. The SMILES string of the molecule is O=c1c2ccccc2nc2n1[C@@H](O)Cc1c-2[nH]c2ccccc12. The molecule has 5 rings (SSSR count). The maximum atomic E-state index is 12.8. The standard InChI is InChI=1S/C18H13N3O2/c22-15-9-12-10-5-1-3-7-13(10)19-16(12)17-20-14-8-4-2-6-11(14)18(23)21(15)17/h1-8,15,19,22H,9H2/t15-/m0/s1. The van der Waals surface area contributed by atoms with Crippen molar-refractivity contribution in [1.29, 1.82) is 0 Å². The molecule has 0 unspecified atom stereocenters. The van der Waals surface area contributed by atoms with Crippen LogP contribution >= 0.6 is 0 Å². The summed E-state index contributed by atoms with van der Waals surface area (Å²) in [6.45, 7) is 0. The third-order valence-corrected chi connectivity index (χ3v) is 4.53. The van der Waals surface area contributed by atoms with E-state index < -0.39 is 6.23 Å². The third-order valence-electron chi connectivity index (χ3n) is 4.53. The Balaban J connectivity index is 1.95. The zero-order valence-corrected chi connectivity index (χ0v) is 12.2. The number of fused-ring (bicyclic) bond motifs is 6. The molecule has 0 fully saturated rings. The quantitative estimate of drug-likeness (QED) is 0.524. The Labute approximate surface area is 130 Å². The van der Waals surface area contributed by atoms with Gasteiger partial charge >= 0.3 is 0 Å². The molecular weight excluding hydrogens is 290 g/mol. The number of aromatic amines is 1. The molecule has 3 heterocycles. The predicted octanol–water partition coefficient (Wildman–Crippen LogP) is 2.59. The van der Waals surface area contributed by atoms with Crippen LogP contribution in [0.4, 0.5) is 0 Å². The molecule has 112 valence electrons. The molecule has 2 aromatic carbocycles. The Bertz CT molecular complexity index is 1140. The fourth-order valence-electron chi connectivity index (χ4n) is 3.48. The number of rotatable bonds is 0. The summed E-state index contributed by atoms with van der Waals surface area (Å²) in [5.41, 5.74) is 3.25. The van der Waals surface area contributed by atoms with Crippen molar-refractivity contribution in [2.24, 2.45) is 0 Å². The Kier molecular flexibility index (Phi) is 2.36. The van der Waals surface area contributed by atoms with Crippen molar-refractivity contribution in [3.05, 3.63) is 64.4 Å². The molecule has 23 heavy (non-hydrogen) atoms. The van der Waals surface area contributed by atoms with E-state index >= 15 is 0 Å². The lowest BCUT2D eigenvalue weighted by molar-refractivity contribution is 0.0991. The maximum Gasteiger partial charge on any atom is 0.263 e. The number of aromatic nitrogens is 3. The van der Waals surface area contributed by atoms with Gasteiger partial charge in [-0.3, -0.25) is 9.36 Å². The van der Waals surface area contributed by atoms with Crippen LogP contribution in [0.2, 0.25) is 0 Å². The van der Waals surface area contributed by atoms with Gasteiger partial charge in [0.15, 0.2) is 5.82 Å². The summed E-state index contributed by atoms with van der Waals surface area (Å²) in [6, 6.07) is 15.2. The lowest BCUT2D eigenvalue weighted by Gasteiger charge is -2.23. The lowest BCUT2D eigenvalue weighted by Crippen LogP contribution is -2.31. The Hall–Kier alpha value is -2.92. The van der Waals surface area contributed by atoms with Crippen molar-refractivity contribution in [3.8, 4) is 11.5 Å². The van der Waals surface area contributed by atoms with Crippen LogP contribution in [0.5, 0.6) is 0 Å². The number of aliphatic hydroxyl groups is 1. The van der Waals surface area contributed by atoms with Crippen LogP contribution in [0.15, 0.2) is 53.3 Å². The first-order valence-electron chi connectivity index (χ1n) is 7.53. The Morgan fingerprint density at radius 2 is 1.83 bits per heavy atom. The van der Waals surface area contributed by atoms with Crippen LogP contribution in [-0.2, 0) is 6.42 Å². The monoisotopic (exact) mass is 303 g/mol. The lowest BCUT2D eigenvalue weighted by atomic mass is 10.0. The van der Waals surface area contributed by atoms with E-state index in [1.807, 2.05) is 42.5 Å². The molecule has 0 aliphatic carbocycles. The van der Waals surface area contributed by atoms with E-state index in [2.05, 4.69) is 9.97 Å². The van der Waals surface area contributed by atoms with Gasteiger partial charge in [0.2, 0.25) is 0 Å². The van der Waals surface area contributed by atoms with E-state index in [-0.39, 0.29) is 5.56 Å². The number of hydrogen-bond acceptors (Lipinski definition) is 3. The molecule has 0 amide bonds. The first kappa shape index (κ1) is 12.6. The highest BCUT2D eigenvalue weighted by molar-refractivity contribution is 5.91. The van der Waals surface area contributed by atoms with E-state index in [9.17, 15) is 9.90 Å². The molecule has 2 N–H and O–H groups in total.